The second-order valence-electron chi connectivity index (χ2n) is 6.49. The molecule has 2 heterocycles. The van der Waals surface area contributed by atoms with Crippen molar-refractivity contribution in [3.63, 3.8) is 0 Å². The number of ether oxygens (including phenoxy) is 1. The highest BCUT2D eigenvalue weighted by Crippen LogP contribution is 2.32. The normalized spacial score (nSPS) is 14.9. The van der Waals surface area contributed by atoms with Gasteiger partial charge < -0.3 is 10.1 Å². The standard InChI is InChI=1S/C21H19Cl2N3O/c22-16-5-1-14(2-6-16)20-21(15-3-7-17(23)8-4-15)26-19(13-25-20)27-18-9-11-24-12-10-18/h1-8,13,18,24H,9-12H2. The maximum absolute atomic E-state index is 6.09. The minimum absolute atomic E-state index is 0.167. The number of nitrogens with one attached hydrogen (secondary N) is 1. The van der Waals surface area contributed by atoms with Gasteiger partial charge in [0.25, 0.3) is 0 Å². The molecule has 4 nitrogen and oxygen atoms in total. The lowest BCUT2D eigenvalue weighted by atomic mass is 10.0. The minimum Gasteiger partial charge on any atom is -0.473 e. The number of rotatable bonds is 4. The first-order chi connectivity index (χ1) is 13.2. The molecule has 6 heteroatoms. The fraction of sp³-hybridized carbons (Fsp3) is 0.238. The van der Waals surface area contributed by atoms with E-state index in [-0.39, 0.29) is 6.10 Å². The van der Waals surface area contributed by atoms with Crippen molar-refractivity contribution in [1.29, 1.82) is 0 Å². The summed E-state index contributed by atoms with van der Waals surface area (Å²) < 4.78 is 6.09. The van der Waals surface area contributed by atoms with E-state index in [0.29, 0.717) is 15.9 Å². The molecule has 1 saturated heterocycles. The molecular weight excluding hydrogens is 381 g/mol. The van der Waals surface area contributed by atoms with Crippen molar-refractivity contribution >= 4 is 23.2 Å². The Balaban J connectivity index is 1.73. The summed E-state index contributed by atoms with van der Waals surface area (Å²) in [4.78, 5) is 9.45. The molecule has 0 atom stereocenters. The number of hydrogen-bond acceptors (Lipinski definition) is 4. The average Bonchev–Trinajstić information content (AvgIpc) is 2.70. The Morgan fingerprint density at radius 3 is 1.96 bits per heavy atom. The number of benzene rings is 2. The number of nitrogens with zero attached hydrogens (tertiary/aromatic N) is 2. The van der Waals surface area contributed by atoms with E-state index in [0.717, 1.165) is 48.4 Å². The molecule has 0 spiro atoms. The van der Waals surface area contributed by atoms with E-state index >= 15 is 0 Å². The predicted octanol–water partition coefficient (Wildman–Crippen LogP) is 5.25. The first kappa shape index (κ1) is 18.2. The van der Waals surface area contributed by atoms with Gasteiger partial charge in [-0.25, -0.2) is 9.97 Å². The Hall–Kier alpha value is -2.14. The number of halogens is 2. The van der Waals surface area contributed by atoms with Crippen molar-refractivity contribution in [2.75, 3.05) is 13.1 Å². The lowest BCUT2D eigenvalue weighted by molar-refractivity contribution is 0.155. The Kier molecular flexibility index (Phi) is 5.58. The molecule has 3 aromatic rings. The zero-order valence-corrected chi connectivity index (χ0v) is 16.2. The monoisotopic (exact) mass is 399 g/mol. The summed E-state index contributed by atoms with van der Waals surface area (Å²) in [5.41, 5.74) is 3.44. The van der Waals surface area contributed by atoms with Crippen LogP contribution in [0.3, 0.4) is 0 Å². The van der Waals surface area contributed by atoms with Crippen LogP contribution in [0.5, 0.6) is 5.88 Å². The Morgan fingerprint density at radius 1 is 0.815 bits per heavy atom. The number of hydrogen-bond donors (Lipinski definition) is 1. The Morgan fingerprint density at radius 2 is 1.37 bits per heavy atom. The van der Waals surface area contributed by atoms with Gasteiger partial charge in [-0.05, 0) is 50.2 Å². The summed E-state index contributed by atoms with van der Waals surface area (Å²) in [5, 5.41) is 4.71. The first-order valence-corrected chi connectivity index (χ1v) is 9.71. The van der Waals surface area contributed by atoms with Crippen LogP contribution in [0, 0.1) is 0 Å². The minimum atomic E-state index is 0.167. The van der Waals surface area contributed by atoms with E-state index in [9.17, 15) is 0 Å². The molecule has 0 unspecified atom stereocenters. The highest BCUT2D eigenvalue weighted by atomic mass is 35.5. The van der Waals surface area contributed by atoms with E-state index in [1.54, 1.807) is 6.20 Å². The second-order valence-corrected chi connectivity index (χ2v) is 7.36. The van der Waals surface area contributed by atoms with Crippen LogP contribution in [-0.2, 0) is 0 Å². The molecule has 1 aliphatic heterocycles. The van der Waals surface area contributed by atoms with Crippen LogP contribution >= 0.6 is 23.2 Å². The van der Waals surface area contributed by atoms with Crippen molar-refractivity contribution in [1.82, 2.24) is 15.3 Å². The van der Waals surface area contributed by atoms with E-state index in [2.05, 4.69) is 10.3 Å². The molecule has 0 aliphatic carbocycles. The SMILES string of the molecule is Clc1ccc(-c2ncc(OC3CCNCC3)nc2-c2ccc(Cl)cc2)cc1. The molecule has 0 radical (unpaired) electrons. The third-order valence-electron chi connectivity index (χ3n) is 4.56. The molecule has 4 rings (SSSR count). The maximum Gasteiger partial charge on any atom is 0.233 e. The van der Waals surface area contributed by atoms with Gasteiger partial charge in [0.05, 0.1) is 11.9 Å². The zero-order valence-electron chi connectivity index (χ0n) is 14.7. The second kappa shape index (κ2) is 8.26. The highest BCUT2D eigenvalue weighted by Gasteiger charge is 2.18. The topological polar surface area (TPSA) is 47.0 Å². The first-order valence-electron chi connectivity index (χ1n) is 8.95. The summed E-state index contributed by atoms with van der Waals surface area (Å²) in [6.45, 7) is 1.93. The van der Waals surface area contributed by atoms with E-state index in [4.69, 9.17) is 32.9 Å². The van der Waals surface area contributed by atoms with E-state index < -0.39 is 0 Å². The van der Waals surface area contributed by atoms with Crippen LogP contribution in [0.25, 0.3) is 22.5 Å². The molecule has 1 aliphatic rings. The molecule has 0 bridgehead atoms. The van der Waals surface area contributed by atoms with Crippen LogP contribution < -0.4 is 10.1 Å². The molecule has 1 fully saturated rings. The van der Waals surface area contributed by atoms with Crippen LogP contribution in [0.15, 0.2) is 54.7 Å². The fourth-order valence-electron chi connectivity index (χ4n) is 3.14. The van der Waals surface area contributed by atoms with Crippen LogP contribution in [0.1, 0.15) is 12.8 Å². The van der Waals surface area contributed by atoms with Gasteiger partial charge in [0.2, 0.25) is 5.88 Å². The maximum atomic E-state index is 6.09. The largest absolute Gasteiger partial charge is 0.473 e. The molecular formula is C21H19Cl2N3O. The molecule has 27 heavy (non-hydrogen) atoms. The molecule has 1 aromatic heterocycles. The number of piperidine rings is 1. The van der Waals surface area contributed by atoms with Crippen molar-refractivity contribution in [2.24, 2.45) is 0 Å². The summed E-state index contributed by atoms with van der Waals surface area (Å²) in [5.74, 6) is 0.546. The summed E-state index contributed by atoms with van der Waals surface area (Å²) in [6.07, 6.45) is 3.80. The molecule has 138 valence electrons. The summed E-state index contributed by atoms with van der Waals surface area (Å²) in [7, 11) is 0. The third kappa shape index (κ3) is 4.41. The van der Waals surface area contributed by atoms with Crippen LogP contribution in [-0.4, -0.2) is 29.2 Å². The fourth-order valence-corrected chi connectivity index (χ4v) is 3.39. The molecule has 2 aromatic carbocycles. The summed E-state index contributed by atoms with van der Waals surface area (Å²) in [6, 6.07) is 15.2. The molecule has 1 N–H and O–H groups in total. The van der Waals surface area contributed by atoms with Gasteiger partial charge in [0.1, 0.15) is 11.8 Å². The van der Waals surface area contributed by atoms with Crippen molar-refractivity contribution < 1.29 is 4.74 Å². The van der Waals surface area contributed by atoms with Crippen molar-refractivity contribution in [3.05, 3.63) is 64.8 Å². The third-order valence-corrected chi connectivity index (χ3v) is 5.06. The van der Waals surface area contributed by atoms with Crippen LogP contribution in [0.4, 0.5) is 0 Å². The lowest BCUT2D eigenvalue weighted by Gasteiger charge is -2.23. The Bertz CT molecular complexity index is 908. The van der Waals surface area contributed by atoms with E-state index in [1.807, 2.05) is 48.5 Å². The van der Waals surface area contributed by atoms with Gasteiger partial charge in [0, 0.05) is 21.2 Å². The highest BCUT2D eigenvalue weighted by molar-refractivity contribution is 6.31. The quantitative estimate of drug-likeness (QED) is 0.650. The lowest BCUT2D eigenvalue weighted by Crippen LogP contribution is -2.34. The smallest absolute Gasteiger partial charge is 0.233 e. The molecule has 0 amide bonds. The van der Waals surface area contributed by atoms with Gasteiger partial charge in [-0.2, -0.15) is 0 Å². The van der Waals surface area contributed by atoms with Crippen molar-refractivity contribution in [3.8, 4) is 28.4 Å². The average molecular weight is 400 g/mol. The summed E-state index contributed by atoms with van der Waals surface area (Å²) >= 11 is 12.1. The van der Waals surface area contributed by atoms with Gasteiger partial charge in [-0.15, -0.1) is 0 Å². The van der Waals surface area contributed by atoms with Crippen molar-refractivity contribution in [2.45, 2.75) is 18.9 Å². The van der Waals surface area contributed by atoms with Gasteiger partial charge in [-0.1, -0.05) is 47.5 Å². The molecule has 0 saturated carbocycles. The Labute approximate surface area is 168 Å². The number of aromatic nitrogens is 2. The van der Waals surface area contributed by atoms with Crippen LogP contribution in [0.2, 0.25) is 10.0 Å². The van der Waals surface area contributed by atoms with Gasteiger partial charge >= 0.3 is 0 Å². The predicted molar refractivity (Wildman–Crippen MR) is 109 cm³/mol. The zero-order chi connectivity index (χ0) is 18.6. The van der Waals surface area contributed by atoms with E-state index in [1.165, 1.54) is 0 Å². The van der Waals surface area contributed by atoms with Gasteiger partial charge in [0.15, 0.2) is 0 Å². The van der Waals surface area contributed by atoms with Gasteiger partial charge in [-0.3, -0.25) is 0 Å².